The Balaban J connectivity index is 4.10. The molecule has 0 rings (SSSR count). The number of hydrogen-bond acceptors (Lipinski definition) is 3. The number of aliphatic hydroxyl groups is 1. The predicted octanol–water partition coefficient (Wildman–Crippen LogP) is 2.92. The van der Waals surface area contributed by atoms with E-state index in [-0.39, 0.29) is 5.04 Å². The Morgan fingerprint density at radius 1 is 1.38 bits per heavy atom. The molecule has 3 nitrogen and oxygen atoms in total. The van der Waals surface area contributed by atoms with Gasteiger partial charge in [0.2, 0.25) is 0 Å². The number of hydrogen-bond donors (Lipinski definition) is 1. The summed E-state index contributed by atoms with van der Waals surface area (Å²) in [5.41, 5.74) is 0. The van der Waals surface area contributed by atoms with Gasteiger partial charge in [-0.2, -0.15) is 0 Å². The van der Waals surface area contributed by atoms with Crippen LogP contribution in [0.1, 0.15) is 27.2 Å². The lowest BCUT2D eigenvalue weighted by molar-refractivity contribution is 0.0867. The Morgan fingerprint density at radius 2 is 1.88 bits per heavy atom. The smallest absolute Gasteiger partial charge is 0.192 e. The SMILES string of the molecule is C=C(C[C@H](O)CO[Si](C)(C)C(C)(C)C)OC. The van der Waals surface area contributed by atoms with Crippen molar-refractivity contribution in [3.05, 3.63) is 12.3 Å². The van der Waals surface area contributed by atoms with Crippen molar-refractivity contribution in [2.24, 2.45) is 0 Å². The first-order valence-corrected chi connectivity index (χ1v) is 8.55. The van der Waals surface area contributed by atoms with E-state index in [1.807, 2.05) is 0 Å². The molecule has 16 heavy (non-hydrogen) atoms. The molecule has 0 aromatic rings. The Hall–Kier alpha value is -0.323. The first kappa shape index (κ1) is 15.7. The van der Waals surface area contributed by atoms with Crippen molar-refractivity contribution in [1.29, 1.82) is 0 Å². The molecule has 0 bridgehead atoms. The lowest BCUT2D eigenvalue weighted by Crippen LogP contribution is -2.42. The lowest BCUT2D eigenvalue weighted by atomic mass is 10.2. The van der Waals surface area contributed by atoms with Crippen LogP contribution < -0.4 is 0 Å². The quantitative estimate of drug-likeness (QED) is 0.578. The fourth-order valence-electron chi connectivity index (χ4n) is 0.926. The van der Waals surface area contributed by atoms with Gasteiger partial charge in [-0.15, -0.1) is 0 Å². The Labute approximate surface area is 101 Å². The summed E-state index contributed by atoms with van der Waals surface area (Å²) >= 11 is 0. The second-order valence-electron chi connectivity index (χ2n) is 5.67. The lowest BCUT2D eigenvalue weighted by Gasteiger charge is -2.36. The van der Waals surface area contributed by atoms with Crippen molar-refractivity contribution < 1.29 is 14.3 Å². The first-order chi connectivity index (χ1) is 7.10. The summed E-state index contributed by atoms with van der Waals surface area (Å²) in [6.07, 6.45) is -0.0907. The minimum absolute atomic E-state index is 0.172. The molecule has 0 heterocycles. The fraction of sp³-hybridized carbons (Fsp3) is 0.833. The number of ether oxygens (including phenoxy) is 1. The second kappa shape index (κ2) is 5.84. The third-order valence-electron chi connectivity index (χ3n) is 3.19. The normalized spacial score (nSPS) is 14.7. The van der Waals surface area contributed by atoms with Gasteiger partial charge in [-0.25, -0.2) is 0 Å². The average molecular weight is 246 g/mol. The molecule has 0 aliphatic heterocycles. The molecule has 96 valence electrons. The Morgan fingerprint density at radius 3 is 2.25 bits per heavy atom. The fourth-order valence-corrected chi connectivity index (χ4v) is 1.97. The maximum absolute atomic E-state index is 9.74. The van der Waals surface area contributed by atoms with E-state index in [1.54, 1.807) is 7.11 Å². The van der Waals surface area contributed by atoms with E-state index >= 15 is 0 Å². The molecule has 0 aliphatic rings. The highest BCUT2D eigenvalue weighted by Gasteiger charge is 2.37. The van der Waals surface area contributed by atoms with Gasteiger partial charge in [0.25, 0.3) is 0 Å². The third kappa shape index (κ3) is 5.14. The van der Waals surface area contributed by atoms with Gasteiger partial charge in [0.05, 0.1) is 25.6 Å². The molecule has 0 spiro atoms. The molecule has 1 atom stereocenters. The molecule has 0 aromatic heterocycles. The van der Waals surface area contributed by atoms with Crippen molar-refractivity contribution in [1.82, 2.24) is 0 Å². The summed E-state index contributed by atoms with van der Waals surface area (Å²) in [6, 6.07) is 0. The van der Waals surface area contributed by atoms with Crippen LogP contribution in [-0.4, -0.2) is 33.2 Å². The van der Waals surface area contributed by atoms with Crippen LogP contribution in [0.2, 0.25) is 18.1 Å². The van der Waals surface area contributed by atoms with Gasteiger partial charge < -0.3 is 14.3 Å². The van der Waals surface area contributed by atoms with Crippen molar-refractivity contribution in [3.63, 3.8) is 0 Å². The van der Waals surface area contributed by atoms with Crippen molar-refractivity contribution >= 4 is 8.32 Å². The zero-order valence-corrected chi connectivity index (χ0v) is 12.5. The largest absolute Gasteiger partial charge is 0.502 e. The van der Waals surface area contributed by atoms with Crippen LogP contribution in [0.25, 0.3) is 0 Å². The van der Waals surface area contributed by atoms with E-state index in [9.17, 15) is 5.11 Å². The maximum Gasteiger partial charge on any atom is 0.192 e. The summed E-state index contributed by atoms with van der Waals surface area (Å²) in [6.45, 7) is 14.9. The average Bonchev–Trinajstić information content (AvgIpc) is 2.13. The number of rotatable bonds is 6. The van der Waals surface area contributed by atoms with Gasteiger partial charge in [-0.3, -0.25) is 0 Å². The van der Waals surface area contributed by atoms with E-state index in [0.29, 0.717) is 18.8 Å². The molecule has 0 fully saturated rings. The van der Waals surface area contributed by atoms with Crippen LogP contribution in [0.15, 0.2) is 12.3 Å². The molecule has 0 radical (unpaired) electrons. The van der Waals surface area contributed by atoms with E-state index in [4.69, 9.17) is 9.16 Å². The highest BCUT2D eigenvalue weighted by atomic mass is 28.4. The van der Waals surface area contributed by atoms with Gasteiger partial charge in [0.15, 0.2) is 8.32 Å². The van der Waals surface area contributed by atoms with Crippen molar-refractivity contribution in [2.75, 3.05) is 13.7 Å². The summed E-state index contributed by atoms with van der Waals surface area (Å²) < 4.78 is 10.8. The highest BCUT2D eigenvalue weighted by Crippen LogP contribution is 2.36. The number of methoxy groups -OCH3 is 1. The second-order valence-corrected chi connectivity index (χ2v) is 10.5. The van der Waals surface area contributed by atoms with E-state index in [1.165, 1.54) is 0 Å². The van der Waals surface area contributed by atoms with Crippen molar-refractivity contribution in [3.8, 4) is 0 Å². The molecule has 0 unspecified atom stereocenters. The monoisotopic (exact) mass is 246 g/mol. The molecular formula is C12H26O3Si. The van der Waals surface area contributed by atoms with Gasteiger partial charge in [-0.05, 0) is 18.1 Å². The van der Waals surface area contributed by atoms with Gasteiger partial charge in [0, 0.05) is 6.42 Å². The van der Waals surface area contributed by atoms with Crippen LogP contribution in [0.3, 0.4) is 0 Å². The van der Waals surface area contributed by atoms with E-state index in [2.05, 4.69) is 40.4 Å². The molecule has 0 aromatic carbocycles. The molecule has 0 amide bonds. The van der Waals surface area contributed by atoms with Gasteiger partial charge >= 0.3 is 0 Å². The maximum atomic E-state index is 9.74. The summed E-state index contributed by atoms with van der Waals surface area (Å²) in [5.74, 6) is 0.589. The molecule has 4 heteroatoms. The van der Waals surface area contributed by atoms with E-state index < -0.39 is 14.4 Å². The summed E-state index contributed by atoms with van der Waals surface area (Å²) in [5, 5.41) is 9.91. The third-order valence-corrected chi connectivity index (χ3v) is 7.70. The Bertz CT molecular complexity index is 231. The predicted molar refractivity (Wildman–Crippen MR) is 69.9 cm³/mol. The Kier molecular flexibility index (Phi) is 5.72. The standard InChI is InChI=1S/C12H26O3Si/c1-10(14-5)8-11(13)9-15-16(6,7)12(2,3)4/h11,13H,1,8-9H2,2-7H3/t11-/m0/s1. The van der Waals surface area contributed by atoms with Crippen LogP contribution in [0.5, 0.6) is 0 Å². The topological polar surface area (TPSA) is 38.7 Å². The zero-order chi connectivity index (χ0) is 13.0. The number of aliphatic hydroxyl groups excluding tert-OH is 1. The minimum Gasteiger partial charge on any atom is -0.502 e. The van der Waals surface area contributed by atoms with E-state index in [0.717, 1.165) is 0 Å². The zero-order valence-electron chi connectivity index (χ0n) is 11.5. The van der Waals surface area contributed by atoms with Gasteiger partial charge in [0.1, 0.15) is 0 Å². The summed E-state index contributed by atoms with van der Waals surface area (Å²) in [4.78, 5) is 0. The highest BCUT2D eigenvalue weighted by molar-refractivity contribution is 6.74. The summed E-state index contributed by atoms with van der Waals surface area (Å²) in [7, 11) is -0.200. The first-order valence-electron chi connectivity index (χ1n) is 5.64. The van der Waals surface area contributed by atoms with Crippen LogP contribution in [-0.2, 0) is 9.16 Å². The van der Waals surface area contributed by atoms with Crippen LogP contribution in [0, 0.1) is 0 Å². The van der Waals surface area contributed by atoms with Crippen LogP contribution >= 0.6 is 0 Å². The van der Waals surface area contributed by atoms with Gasteiger partial charge in [-0.1, -0.05) is 27.4 Å². The molecule has 0 aliphatic carbocycles. The molecule has 0 saturated heterocycles. The minimum atomic E-state index is -1.76. The molecule has 0 saturated carbocycles. The molecule has 1 N–H and O–H groups in total. The molecular weight excluding hydrogens is 220 g/mol. The van der Waals surface area contributed by atoms with Crippen LogP contribution in [0.4, 0.5) is 0 Å². The van der Waals surface area contributed by atoms with Crippen molar-refractivity contribution in [2.45, 2.75) is 51.4 Å².